The average Bonchev–Trinajstić information content (AvgIpc) is 2.14. The van der Waals surface area contributed by atoms with E-state index >= 15 is 0 Å². The highest BCUT2D eigenvalue weighted by atomic mass is 79.9. The number of anilines is 1. The second kappa shape index (κ2) is 5.37. The summed E-state index contributed by atoms with van der Waals surface area (Å²) < 4.78 is 5.52. The molecule has 0 bridgehead atoms. The number of esters is 1. The lowest BCUT2D eigenvalue weighted by atomic mass is 10.1. The molecule has 3 nitrogen and oxygen atoms in total. The van der Waals surface area contributed by atoms with E-state index in [0.29, 0.717) is 21.8 Å². The fourth-order valence-electron chi connectivity index (χ4n) is 1.12. The molecule has 5 heteroatoms. The van der Waals surface area contributed by atoms with Crippen molar-refractivity contribution in [1.29, 1.82) is 0 Å². The van der Waals surface area contributed by atoms with Gasteiger partial charge in [0.15, 0.2) is 0 Å². The number of benzene rings is 1. The third-order valence-electron chi connectivity index (χ3n) is 1.79. The fraction of sp³-hybridized carbons (Fsp3) is 0.300. The van der Waals surface area contributed by atoms with E-state index in [9.17, 15) is 4.79 Å². The lowest BCUT2D eigenvalue weighted by Gasteiger charge is -2.06. The summed E-state index contributed by atoms with van der Waals surface area (Å²) in [5.74, 6) is -0.273. The Morgan fingerprint density at radius 2 is 2.27 bits per heavy atom. The Balaban J connectivity index is 2.83. The topological polar surface area (TPSA) is 52.3 Å². The van der Waals surface area contributed by atoms with Crippen molar-refractivity contribution in [3.05, 3.63) is 27.2 Å². The Kier molecular flexibility index (Phi) is 4.42. The van der Waals surface area contributed by atoms with Gasteiger partial charge >= 0.3 is 5.97 Å². The first-order chi connectivity index (χ1) is 7.04. The Labute approximate surface area is 102 Å². The van der Waals surface area contributed by atoms with Crippen molar-refractivity contribution >= 4 is 39.2 Å². The first-order valence-corrected chi connectivity index (χ1v) is 5.60. The van der Waals surface area contributed by atoms with Gasteiger partial charge in [-0.05, 0) is 40.5 Å². The highest BCUT2D eigenvalue weighted by Gasteiger charge is 2.08. The van der Waals surface area contributed by atoms with Gasteiger partial charge in [-0.2, -0.15) is 0 Å². The fourth-order valence-corrected chi connectivity index (χ4v) is 1.98. The standard InChI is InChI=1S/C10H11BrClNO2/c1-2-15-9(14)5-6-3-7(11)10(13)8(12)4-6/h3-4H,2,5,13H2,1H3. The van der Waals surface area contributed by atoms with E-state index in [1.54, 1.807) is 19.1 Å². The highest BCUT2D eigenvalue weighted by Crippen LogP contribution is 2.29. The molecule has 0 heterocycles. The molecule has 0 aliphatic rings. The van der Waals surface area contributed by atoms with Gasteiger partial charge in [-0.3, -0.25) is 4.79 Å². The molecule has 0 amide bonds. The van der Waals surface area contributed by atoms with Crippen LogP contribution < -0.4 is 5.73 Å². The zero-order chi connectivity index (χ0) is 11.4. The maximum Gasteiger partial charge on any atom is 0.310 e. The minimum absolute atomic E-state index is 0.201. The van der Waals surface area contributed by atoms with Gasteiger partial charge in [0.1, 0.15) is 0 Å². The number of ether oxygens (including phenoxy) is 1. The molecule has 15 heavy (non-hydrogen) atoms. The number of nitrogens with two attached hydrogens (primary N) is 1. The molecule has 0 atom stereocenters. The summed E-state index contributed by atoms with van der Waals surface area (Å²) in [5.41, 5.74) is 6.90. The van der Waals surface area contributed by atoms with Gasteiger partial charge in [-0.1, -0.05) is 11.6 Å². The van der Waals surface area contributed by atoms with Crippen LogP contribution in [-0.2, 0) is 16.0 Å². The van der Waals surface area contributed by atoms with E-state index in [2.05, 4.69) is 15.9 Å². The quantitative estimate of drug-likeness (QED) is 0.688. The molecule has 0 fully saturated rings. The first-order valence-electron chi connectivity index (χ1n) is 4.43. The molecule has 0 aliphatic heterocycles. The van der Waals surface area contributed by atoms with Crippen molar-refractivity contribution in [3.8, 4) is 0 Å². The second-order valence-electron chi connectivity index (χ2n) is 2.95. The average molecular weight is 293 g/mol. The minimum Gasteiger partial charge on any atom is -0.466 e. The number of hydrogen-bond acceptors (Lipinski definition) is 3. The molecule has 0 aliphatic carbocycles. The maximum absolute atomic E-state index is 11.2. The summed E-state index contributed by atoms with van der Waals surface area (Å²) in [6, 6.07) is 3.43. The van der Waals surface area contributed by atoms with E-state index in [0.717, 1.165) is 5.56 Å². The molecule has 0 spiro atoms. The van der Waals surface area contributed by atoms with E-state index in [1.807, 2.05) is 0 Å². The number of carbonyl (C=O) groups excluding carboxylic acids is 1. The third kappa shape index (κ3) is 3.39. The molecule has 0 aromatic heterocycles. The van der Waals surface area contributed by atoms with Gasteiger partial charge in [0.2, 0.25) is 0 Å². The van der Waals surface area contributed by atoms with Crippen molar-refractivity contribution in [3.63, 3.8) is 0 Å². The van der Waals surface area contributed by atoms with Crippen LogP contribution in [0.25, 0.3) is 0 Å². The summed E-state index contributed by atoms with van der Waals surface area (Å²) in [7, 11) is 0. The van der Waals surface area contributed by atoms with Gasteiger partial charge in [-0.15, -0.1) is 0 Å². The summed E-state index contributed by atoms with van der Waals surface area (Å²) in [4.78, 5) is 11.2. The van der Waals surface area contributed by atoms with E-state index in [-0.39, 0.29) is 12.4 Å². The van der Waals surface area contributed by atoms with Crippen LogP contribution in [-0.4, -0.2) is 12.6 Å². The number of carbonyl (C=O) groups is 1. The Hall–Kier alpha value is -0.740. The van der Waals surface area contributed by atoms with Crippen molar-refractivity contribution in [2.45, 2.75) is 13.3 Å². The zero-order valence-electron chi connectivity index (χ0n) is 8.22. The smallest absolute Gasteiger partial charge is 0.310 e. The van der Waals surface area contributed by atoms with Gasteiger partial charge in [0.05, 0.1) is 23.7 Å². The van der Waals surface area contributed by atoms with E-state index < -0.39 is 0 Å². The molecule has 0 saturated carbocycles. The van der Waals surface area contributed by atoms with E-state index in [4.69, 9.17) is 22.1 Å². The predicted molar refractivity (Wildman–Crippen MR) is 63.9 cm³/mol. The zero-order valence-corrected chi connectivity index (χ0v) is 10.6. The molecule has 1 aromatic rings. The molecular weight excluding hydrogens is 281 g/mol. The summed E-state index contributed by atoms with van der Waals surface area (Å²) in [6.45, 7) is 2.15. The van der Waals surface area contributed by atoms with Crippen molar-refractivity contribution in [2.75, 3.05) is 12.3 Å². The van der Waals surface area contributed by atoms with Crippen LogP contribution in [0.3, 0.4) is 0 Å². The Morgan fingerprint density at radius 3 is 2.80 bits per heavy atom. The Morgan fingerprint density at radius 1 is 1.60 bits per heavy atom. The lowest BCUT2D eigenvalue weighted by molar-refractivity contribution is -0.142. The van der Waals surface area contributed by atoms with Crippen molar-refractivity contribution in [2.24, 2.45) is 0 Å². The minimum atomic E-state index is -0.273. The number of halogens is 2. The van der Waals surface area contributed by atoms with Crippen LogP contribution in [0, 0.1) is 0 Å². The molecular formula is C10H11BrClNO2. The summed E-state index contributed by atoms with van der Waals surface area (Å²) >= 11 is 9.14. The summed E-state index contributed by atoms with van der Waals surface area (Å²) in [6.07, 6.45) is 0.201. The molecule has 0 saturated heterocycles. The molecule has 1 rings (SSSR count). The lowest BCUT2D eigenvalue weighted by Crippen LogP contribution is -2.07. The first kappa shape index (κ1) is 12.3. The predicted octanol–water partition coefficient (Wildman–Crippen LogP) is 2.79. The van der Waals surface area contributed by atoms with Gasteiger partial charge in [-0.25, -0.2) is 0 Å². The van der Waals surface area contributed by atoms with Gasteiger partial charge < -0.3 is 10.5 Å². The van der Waals surface area contributed by atoms with Crippen LogP contribution in [0.15, 0.2) is 16.6 Å². The molecule has 82 valence electrons. The molecule has 0 radical (unpaired) electrons. The molecule has 1 aromatic carbocycles. The SMILES string of the molecule is CCOC(=O)Cc1cc(Cl)c(N)c(Br)c1. The third-order valence-corrected chi connectivity index (χ3v) is 2.76. The van der Waals surface area contributed by atoms with Gasteiger partial charge in [0.25, 0.3) is 0 Å². The number of nitrogen functional groups attached to an aromatic ring is 1. The van der Waals surface area contributed by atoms with E-state index in [1.165, 1.54) is 0 Å². The van der Waals surface area contributed by atoms with Crippen LogP contribution in [0.2, 0.25) is 5.02 Å². The molecule has 0 unspecified atom stereocenters. The monoisotopic (exact) mass is 291 g/mol. The number of hydrogen-bond donors (Lipinski definition) is 1. The van der Waals surface area contributed by atoms with Crippen molar-refractivity contribution < 1.29 is 9.53 Å². The normalized spacial score (nSPS) is 10.1. The van der Waals surface area contributed by atoms with Gasteiger partial charge in [0, 0.05) is 4.47 Å². The summed E-state index contributed by atoms with van der Waals surface area (Å²) in [5, 5.41) is 0.434. The van der Waals surface area contributed by atoms with Crippen LogP contribution in [0.5, 0.6) is 0 Å². The number of rotatable bonds is 3. The Bertz CT molecular complexity index is 359. The second-order valence-corrected chi connectivity index (χ2v) is 4.22. The van der Waals surface area contributed by atoms with Crippen LogP contribution >= 0.6 is 27.5 Å². The van der Waals surface area contributed by atoms with Crippen LogP contribution in [0.1, 0.15) is 12.5 Å². The highest BCUT2D eigenvalue weighted by molar-refractivity contribution is 9.10. The van der Waals surface area contributed by atoms with Crippen LogP contribution in [0.4, 0.5) is 5.69 Å². The maximum atomic E-state index is 11.2. The van der Waals surface area contributed by atoms with Crippen molar-refractivity contribution in [1.82, 2.24) is 0 Å². The largest absolute Gasteiger partial charge is 0.466 e. The molecule has 2 N–H and O–H groups in total.